The number of halogens is 3. The van der Waals surface area contributed by atoms with E-state index in [-0.39, 0.29) is 13.2 Å². The summed E-state index contributed by atoms with van der Waals surface area (Å²) in [6.07, 6.45) is -4.60. The lowest BCUT2D eigenvalue weighted by molar-refractivity contribution is -0.174. The summed E-state index contributed by atoms with van der Waals surface area (Å²) in [7, 11) is 1.47. The van der Waals surface area contributed by atoms with Gasteiger partial charge >= 0.3 is 6.18 Å². The minimum atomic E-state index is -4.30. The van der Waals surface area contributed by atoms with Crippen LogP contribution in [0, 0.1) is 0 Å². The number of benzene rings is 1. The van der Waals surface area contributed by atoms with Crippen molar-refractivity contribution in [3.63, 3.8) is 0 Å². The second-order valence-corrected chi connectivity index (χ2v) is 4.46. The lowest BCUT2D eigenvalue weighted by Crippen LogP contribution is -2.18. The molecule has 0 amide bonds. The molecule has 0 saturated heterocycles. The van der Waals surface area contributed by atoms with Gasteiger partial charge in [0.25, 0.3) is 0 Å². The molecular weight excluding hydrogens is 289 g/mol. The minimum absolute atomic E-state index is 0.0341. The second-order valence-electron chi connectivity index (χ2n) is 4.46. The van der Waals surface area contributed by atoms with Crippen molar-refractivity contribution in [3.05, 3.63) is 23.8 Å². The molecule has 0 saturated carbocycles. The Balaban J connectivity index is 2.38. The van der Waals surface area contributed by atoms with Gasteiger partial charge in [-0.3, -0.25) is 0 Å². The third-order valence-corrected chi connectivity index (χ3v) is 2.63. The zero-order valence-corrected chi connectivity index (χ0v) is 11.9. The fourth-order valence-electron chi connectivity index (χ4n) is 1.59. The Morgan fingerprint density at radius 3 is 2.48 bits per heavy atom. The van der Waals surface area contributed by atoms with Gasteiger partial charge in [-0.05, 0) is 24.6 Å². The zero-order chi connectivity index (χ0) is 15.9. The number of rotatable bonds is 8. The normalized spacial score (nSPS) is 13.0. The van der Waals surface area contributed by atoms with E-state index in [0.717, 1.165) is 0 Å². The van der Waals surface area contributed by atoms with E-state index >= 15 is 0 Å². The number of aliphatic hydroxyl groups excluding tert-OH is 1. The predicted molar refractivity (Wildman–Crippen MR) is 70.6 cm³/mol. The van der Waals surface area contributed by atoms with Crippen molar-refractivity contribution in [2.24, 2.45) is 0 Å². The van der Waals surface area contributed by atoms with Gasteiger partial charge in [0.15, 0.2) is 11.5 Å². The van der Waals surface area contributed by atoms with E-state index in [2.05, 4.69) is 4.74 Å². The fraction of sp³-hybridized carbons (Fsp3) is 0.571. The first-order valence-electron chi connectivity index (χ1n) is 6.47. The molecule has 0 aliphatic carbocycles. The van der Waals surface area contributed by atoms with Crippen LogP contribution < -0.4 is 9.47 Å². The van der Waals surface area contributed by atoms with Gasteiger partial charge in [-0.25, -0.2) is 0 Å². The van der Waals surface area contributed by atoms with Gasteiger partial charge in [-0.15, -0.1) is 0 Å². The second kappa shape index (κ2) is 8.09. The highest BCUT2D eigenvalue weighted by atomic mass is 19.4. The first kappa shape index (κ1) is 17.6. The van der Waals surface area contributed by atoms with Gasteiger partial charge < -0.3 is 19.3 Å². The smallest absolute Gasteiger partial charge is 0.411 e. The Morgan fingerprint density at radius 2 is 1.90 bits per heavy atom. The van der Waals surface area contributed by atoms with Gasteiger partial charge in [0.1, 0.15) is 6.61 Å². The molecule has 0 unspecified atom stereocenters. The predicted octanol–water partition coefficient (Wildman–Crippen LogP) is 3.10. The molecule has 1 N–H and O–H groups in total. The molecule has 0 aromatic heterocycles. The summed E-state index contributed by atoms with van der Waals surface area (Å²) < 4.78 is 50.6. The molecule has 7 heteroatoms. The van der Waals surface area contributed by atoms with Gasteiger partial charge in [0.2, 0.25) is 0 Å². The molecule has 0 spiro atoms. The average Bonchev–Trinajstić information content (AvgIpc) is 2.41. The van der Waals surface area contributed by atoms with Crippen molar-refractivity contribution in [2.45, 2.75) is 25.6 Å². The topological polar surface area (TPSA) is 47.9 Å². The van der Waals surface area contributed by atoms with Crippen LogP contribution in [0.4, 0.5) is 13.2 Å². The molecule has 1 atom stereocenters. The van der Waals surface area contributed by atoms with E-state index in [1.54, 1.807) is 25.1 Å². The molecular formula is C14H19F3O4. The van der Waals surface area contributed by atoms with E-state index in [1.165, 1.54) is 7.11 Å². The highest BCUT2D eigenvalue weighted by molar-refractivity contribution is 5.43. The minimum Gasteiger partial charge on any atom is -0.493 e. The number of alkyl halides is 3. The summed E-state index contributed by atoms with van der Waals surface area (Å²) in [5.74, 6) is 0.933. The van der Waals surface area contributed by atoms with Crippen molar-refractivity contribution in [1.29, 1.82) is 0 Å². The van der Waals surface area contributed by atoms with Crippen molar-refractivity contribution >= 4 is 0 Å². The molecule has 1 rings (SSSR count). The monoisotopic (exact) mass is 308 g/mol. The quantitative estimate of drug-likeness (QED) is 0.750. The molecule has 0 heterocycles. The van der Waals surface area contributed by atoms with Crippen LogP contribution in [-0.4, -0.2) is 38.2 Å². The first-order valence-corrected chi connectivity index (χ1v) is 6.47. The van der Waals surface area contributed by atoms with Crippen LogP contribution in [0.1, 0.15) is 25.0 Å². The SMILES string of the molecule is COc1cc([C@H](C)O)ccc1OCCCOCC(F)(F)F. The van der Waals surface area contributed by atoms with E-state index < -0.39 is 18.9 Å². The van der Waals surface area contributed by atoms with E-state index in [9.17, 15) is 18.3 Å². The summed E-state index contributed by atoms with van der Waals surface area (Å²) >= 11 is 0. The summed E-state index contributed by atoms with van der Waals surface area (Å²) in [6, 6.07) is 5.00. The van der Waals surface area contributed by atoms with Crippen molar-refractivity contribution in [2.75, 3.05) is 26.9 Å². The summed E-state index contributed by atoms with van der Waals surface area (Å²) in [5.41, 5.74) is 0.688. The largest absolute Gasteiger partial charge is 0.493 e. The Hall–Kier alpha value is -1.47. The molecule has 4 nitrogen and oxygen atoms in total. The average molecular weight is 308 g/mol. The highest BCUT2D eigenvalue weighted by Crippen LogP contribution is 2.30. The molecule has 21 heavy (non-hydrogen) atoms. The summed E-state index contributed by atoms with van der Waals surface area (Å²) in [4.78, 5) is 0. The lowest BCUT2D eigenvalue weighted by Gasteiger charge is -2.13. The maximum absolute atomic E-state index is 11.8. The fourth-order valence-corrected chi connectivity index (χ4v) is 1.59. The lowest BCUT2D eigenvalue weighted by atomic mass is 10.1. The van der Waals surface area contributed by atoms with E-state index in [0.29, 0.717) is 23.5 Å². The number of aliphatic hydroxyl groups is 1. The molecule has 0 aliphatic heterocycles. The highest BCUT2D eigenvalue weighted by Gasteiger charge is 2.27. The van der Waals surface area contributed by atoms with Crippen molar-refractivity contribution < 1.29 is 32.5 Å². The standard InChI is InChI=1S/C14H19F3O4/c1-10(18)11-4-5-12(13(8-11)19-2)21-7-3-6-20-9-14(15,16)17/h4-5,8,10,18H,3,6-7,9H2,1-2H3/t10-/m0/s1. The Bertz CT molecular complexity index is 433. The maximum Gasteiger partial charge on any atom is 0.411 e. The van der Waals surface area contributed by atoms with Crippen LogP contribution in [0.25, 0.3) is 0 Å². The number of methoxy groups -OCH3 is 1. The molecule has 120 valence electrons. The first-order chi connectivity index (χ1) is 9.83. The molecule has 1 aromatic carbocycles. The zero-order valence-electron chi connectivity index (χ0n) is 11.9. The molecule has 1 aromatic rings. The third kappa shape index (κ3) is 6.68. The van der Waals surface area contributed by atoms with Crippen LogP contribution in [0.3, 0.4) is 0 Å². The summed E-state index contributed by atoms with van der Waals surface area (Å²) in [6.45, 7) is 0.558. The van der Waals surface area contributed by atoms with Crippen molar-refractivity contribution in [1.82, 2.24) is 0 Å². The Kier molecular flexibility index (Phi) is 6.77. The van der Waals surface area contributed by atoms with E-state index in [1.807, 2.05) is 0 Å². The van der Waals surface area contributed by atoms with Crippen molar-refractivity contribution in [3.8, 4) is 11.5 Å². The van der Waals surface area contributed by atoms with Gasteiger partial charge in [0.05, 0.1) is 26.4 Å². The Labute approximate surface area is 121 Å². The van der Waals surface area contributed by atoms with E-state index in [4.69, 9.17) is 9.47 Å². The Morgan fingerprint density at radius 1 is 1.19 bits per heavy atom. The summed E-state index contributed by atoms with van der Waals surface area (Å²) in [5, 5.41) is 9.47. The van der Waals surface area contributed by atoms with Gasteiger partial charge in [-0.2, -0.15) is 13.2 Å². The number of hydrogen-bond donors (Lipinski definition) is 1. The van der Waals surface area contributed by atoms with Crippen LogP contribution in [0.15, 0.2) is 18.2 Å². The third-order valence-electron chi connectivity index (χ3n) is 2.63. The van der Waals surface area contributed by atoms with Gasteiger partial charge in [-0.1, -0.05) is 6.07 Å². The van der Waals surface area contributed by atoms with Crippen LogP contribution >= 0.6 is 0 Å². The molecule has 0 radical (unpaired) electrons. The molecule has 0 bridgehead atoms. The van der Waals surface area contributed by atoms with Gasteiger partial charge in [0, 0.05) is 6.42 Å². The molecule has 0 fully saturated rings. The van der Waals surface area contributed by atoms with Crippen LogP contribution in [-0.2, 0) is 4.74 Å². The maximum atomic E-state index is 11.8. The van der Waals surface area contributed by atoms with Crippen LogP contribution in [0.5, 0.6) is 11.5 Å². The number of ether oxygens (including phenoxy) is 3. The van der Waals surface area contributed by atoms with Crippen LogP contribution in [0.2, 0.25) is 0 Å². The molecule has 0 aliphatic rings. The number of hydrogen-bond acceptors (Lipinski definition) is 4.